The molecule has 3 rings (SSSR count). The van der Waals surface area contributed by atoms with Crippen molar-refractivity contribution in [3.8, 4) is 0 Å². The summed E-state index contributed by atoms with van der Waals surface area (Å²) < 4.78 is 27.4. The van der Waals surface area contributed by atoms with Crippen molar-refractivity contribution in [2.45, 2.75) is 95.7 Å². The molecule has 35 heavy (non-hydrogen) atoms. The van der Waals surface area contributed by atoms with Gasteiger partial charge >= 0.3 is 0 Å². The van der Waals surface area contributed by atoms with Gasteiger partial charge in [-0.05, 0) is 66.8 Å². The van der Waals surface area contributed by atoms with Crippen LogP contribution in [0, 0.1) is 11.6 Å². The highest BCUT2D eigenvalue weighted by molar-refractivity contribution is 5.73. The van der Waals surface area contributed by atoms with Gasteiger partial charge in [0.25, 0.3) is 0 Å². The third-order valence-corrected chi connectivity index (χ3v) is 7.48. The first-order chi connectivity index (χ1) is 16.8. The van der Waals surface area contributed by atoms with Crippen LogP contribution in [0.3, 0.4) is 0 Å². The van der Waals surface area contributed by atoms with Gasteiger partial charge in [-0.25, -0.2) is 8.78 Å². The van der Waals surface area contributed by atoms with Crippen LogP contribution in [0.25, 0.3) is 0 Å². The summed E-state index contributed by atoms with van der Waals surface area (Å²) >= 11 is 0. The van der Waals surface area contributed by atoms with Crippen LogP contribution in [0.5, 0.6) is 0 Å². The third kappa shape index (κ3) is 7.34. The molecule has 3 N–H and O–H groups in total. The van der Waals surface area contributed by atoms with Gasteiger partial charge in [0.1, 0.15) is 11.6 Å². The van der Waals surface area contributed by atoms with Gasteiger partial charge in [0, 0.05) is 25.1 Å². The maximum atomic E-state index is 13.7. The number of carbonyl (C=O) groups is 1. The molecule has 0 aliphatic heterocycles. The molecule has 2 atom stereocenters. The molecular formula is C29H40F2N2O2. The minimum absolute atomic E-state index is 0.133. The second kappa shape index (κ2) is 12.6. The van der Waals surface area contributed by atoms with Gasteiger partial charge in [-0.3, -0.25) is 4.79 Å². The lowest BCUT2D eigenvalue weighted by molar-refractivity contribution is -0.120. The second-order valence-corrected chi connectivity index (χ2v) is 10.0. The topological polar surface area (TPSA) is 61.4 Å². The number of rotatable bonds is 11. The van der Waals surface area contributed by atoms with Gasteiger partial charge in [-0.15, -0.1) is 0 Å². The van der Waals surface area contributed by atoms with E-state index in [1.165, 1.54) is 36.6 Å². The molecule has 6 heteroatoms. The summed E-state index contributed by atoms with van der Waals surface area (Å²) in [4.78, 5) is 11.8. The van der Waals surface area contributed by atoms with Gasteiger partial charge in [-0.1, -0.05) is 57.4 Å². The molecule has 0 heterocycles. The van der Waals surface area contributed by atoms with Crippen molar-refractivity contribution in [1.29, 1.82) is 0 Å². The Morgan fingerprint density at radius 3 is 2.29 bits per heavy atom. The van der Waals surface area contributed by atoms with Crippen molar-refractivity contribution >= 4 is 5.91 Å². The summed E-state index contributed by atoms with van der Waals surface area (Å²) in [5.41, 5.74) is 2.75. The highest BCUT2D eigenvalue weighted by Gasteiger charge is 2.35. The predicted octanol–water partition coefficient (Wildman–Crippen LogP) is 5.73. The van der Waals surface area contributed by atoms with Crippen LogP contribution in [0.2, 0.25) is 0 Å². The van der Waals surface area contributed by atoms with E-state index in [4.69, 9.17) is 0 Å². The molecule has 0 spiro atoms. The smallest absolute Gasteiger partial charge is 0.217 e. The average molecular weight is 487 g/mol. The Kier molecular flexibility index (Phi) is 9.81. The third-order valence-electron chi connectivity index (χ3n) is 7.48. The van der Waals surface area contributed by atoms with E-state index < -0.39 is 23.8 Å². The zero-order chi connectivity index (χ0) is 25.4. The van der Waals surface area contributed by atoms with E-state index in [0.717, 1.165) is 44.6 Å². The molecule has 1 fully saturated rings. The Morgan fingerprint density at radius 2 is 1.69 bits per heavy atom. The van der Waals surface area contributed by atoms with Crippen molar-refractivity contribution < 1.29 is 18.7 Å². The predicted molar refractivity (Wildman–Crippen MR) is 136 cm³/mol. The molecule has 0 unspecified atom stereocenters. The fourth-order valence-corrected chi connectivity index (χ4v) is 5.54. The van der Waals surface area contributed by atoms with E-state index in [0.29, 0.717) is 11.5 Å². The quantitative estimate of drug-likeness (QED) is 0.380. The van der Waals surface area contributed by atoms with Crippen LogP contribution in [-0.4, -0.2) is 29.7 Å². The SMILES string of the molecule is CCC(CC)c1cccc(C2(NC[C@@H](O)[C@H](Cc3cc(F)cc(F)c3)NC(C)=O)CCCCC2)c1. The van der Waals surface area contributed by atoms with Crippen LogP contribution < -0.4 is 10.6 Å². The van der Waals surface area contributed by atoms with Gasteiger partial charge in [0.05, 0.1) is 12.1 Å². The molecule has 0 saturated heterocycles. The molecule has 1 saturated carbocycles. The lowest BCUT2D eigenvalue weighted by Gasteiger charge is -2.40. The van der Waals surface area contributed by atoms with E-state index in [1.54, 1.807) is 0 Å². The largest absolute Gasteiger partial charge is 0.390 e. The first-order valence-corrected chi connectivity index (χ1v) is 13.0. The normalized spacial score (nSPS) is 17.2. The van der Waals surface area contributed by atoms with Crippen molar-refractivity contribution in [3.05, 3.63) is 70.8 Å². The Morgan fingerprint density at radius 1 is 1.03 bits per heavy atom. The number of hydrogen-bond donors (Lipinski definition) is 3. The molecule has 2 aromatic rings. The number of aliphatic hydroxyl groups is 1. The number of halogens is 2. The number of nitrogens with one attached hydrogen (secondary N) is 2. The molecule has 2 aromatic carbocycles. The van der Waals surface area contributed by atoms with Crippen molar-refractivity contribution in [2.24, 2.45) is 0 Å². The maximum Gasteiger partial charge on any atom is 0.217 e. The van der Waals surface area contributed by atoms with E-state index in [-0.39, 0.29) is 24.4 Å². The summed E-state index contributed by atoms with van der Waals surface area (Å²) in [6.45, 7) is 6.08. The number of carbonyl (C=O) groups excluding carboxylic acids is 1. The Balaban J connectivity index is 1.80. The summed E-state index contributed by atoms with van der Waals surface area (Å²) in [5.74, 6) is -1.12. The first kappa shape index (κ1) is 27.3. The minimum atomic E-state index is -0.925. The monoisotopic (exact) mass is 486 g/mol. The average Bonchev–Trinajstić information content (AvgIpc) is 2.83. The minimum Gasteiger partial charge on any atom is -0.390 e. The van der Waals surface area contributed by atoms with Crippen LogP contribution in [0.4, 0.5) is 8.78 Å². The number of aliphatic hydroxyl groups excluding tert-OH is 1. The Bertz CT molecular complexity index is 951. The van der Waals surface area contributed by atoms with Crippen molar-refractivity contribution in [3.63, 3.8) is 0 Å². The van der Waals surface area contributed by atoms with Gasteiger partial charge in [0.15, 0.2) is 0 Å². The molecule has 4 nitrogen and oxygen atoms in total. The first-order valence-electron chi connectivity index (χ1n) is 13.0. The van der Waals surface area contributed by atoms with E-state index in [2.05, 4.69) is 48.7 Å². The number of amides is 1. The highest BCUT2D eigenvalue weighted by atomic mass is 19.1. The molecule has 192 valence electrons. The van der Waals surface area contributed by atoms with Crippen molar-refractivity contribution in [1.82, 2.24) is 10.6 Å². The summed E-state index contributed by atoms with van der Waals surface area (Å²) in [5, 5.41) is 17.5. The fourth-order valence-electron chi connectivity index (χ4n) is 5.54. The molecule has 0 bridgehead atoms. The molecule has 0 aromatic heterocycles. The van der Waals surface area contributed by atoms with Crippen LogP contribution >= 0.6 is 0 Å². The lowest BCUT2D eigenvalue weighted by atomic mass is 9.75. The molecule has 1 aliphatic carbocycles. The number of benzene rings is 2. The van der Waals surface area contributed by atoms with Crippen molar-refractivity contribution in [2.75, 3.05) is 6.54 Å². The lowest BCUT2D eigenvalue weighted by Crippen LogP contribution is -2.53. The highest BCUT2D eigenvalue weighted by Crippen LogP contribution is 2.38. The summed E-state index contributed by atoms with van der Waals surface area (Å²) in [6.07, 6.45) is 6.76. The van der Waals surface area contributed by atoms with Gasteiger partial charge < -0.3 is 15.7 Å². The van der Waals surface area contributed by atoms with Crippen LogP contribution in [0.1, 0.15) is 88.3 Å². The molecule has 0 radical (unpaired) electrons. The van der Waals surface area contributed by atoms with E-state index >= 15 is 0 Å². The summed E-state index contributed by atoms with van der Waals surface area (Å²) in [7, 11) is 0. The van der Waals surface area contributed by atoms with Crippen LogP contribution in [0.15, 0.2) is 42.5 Å². The van der Waals surface area contributed by atoms with E-state index in [1.807, 2.05) is 0 Å². The molecule has 1 amide bonds. The van der Waals surface area contributed by atoms with Crippen LogP contribution in [-0.2, 0) is 16.8 Å². The summed E-state index contributed by atoms with van der Waals surface area (Å²) in [6, 6.07) is 11.5. The molecule has 1 aliphatic rings. The number of hydrogen-bond acceptors (Lipinski definition) is 3. The van der Waals surface area contributed by atoms with Gasteiger partial charge in [0.2, 0.25) is 5.91 Å². The Labute approximate surface area is 208 Å². The van der Waals surface area contributed by atoms with Gasteiger partial charge in [-0.2, -0.15) is 0 Å². The zero-order valence-corrected chi connectivity index (χ0v) is 21.2. The standard InChI is InChI=1S/C29H40F2N2O2/c1-4-22(5-2)23-10-9-11-24(17-23)29(12-7-6-8-13-29)32-19-28(35)27(33-20(3)34)16-21-14-25(30)18-26(31)15-21/h9-11,14-15,17-18,22,27-28,32,35H,4-8,12-13,16,19H2,1-3H3,(H,33,34)/t27-,28+/m0/s1. The van der Waals surface area contributed by atoms with E-state index in [9.17, 15) is 18.7 Å². The molecular weight excluding hydrogens is 446 g/mol. The zero-order valence-electron chi connectivity index (χ0n) is 21.2. The maximum absolute atomic E-state index is 13.7. The fraction of sp³-hybridized carbons (Fsp3) is 0.552. The Hall–Kier alpha value is -2.31. The second-order valence-electron chi connectivity index (χ2n) is 10.0.